The predicted octanol–water partition coefficient (Wildman–Crippen LogP) is 4.03. The van der Waals surface area contributed by atoms with E-state index >= 15 is 0 Å². The van der Waals surface area contributed by atoms with Gasteiger partial charge in [0.2, 0.25) is 5.91 Å². The van der Waals surface area contributed by atoms with Crippen LogP contribution in [0.25, 0.3) is 0 Å². The lowest BCUT2D eigenvalue weighted by molar-refractivity contribution is -0.120. The summed E-state index contributed by atoms with van der Waals surface area (Å²) in [6, 6.07) is 15.5. The molecule has 0 aromatic heterocycles. The fourth-order valence-electron chi connectivity index (χ4n) is 2.32. The van der Waals surface area contributed by atoms with Gasteiger partial charge in [-0.15, -0.1) is 0 Å². The minimum absolute atomic E-state index is 0.0526. The monoisotopic (exact) mass is 331 g/mol. The number of halogens is 1. The second kappa shape index (κ2) is 9.21. The molecule has 0 aliphatic rings. The van der Waals surface area contributed by atoms with Crippen LogP contribution in [0, 0.1) is 0 Å². The molecule has 0 aliphatic carbocycles. The fraction of sp³-hybridized carbons (Fsp3) is 0.316. The first-order chi connectivity index (χ1) is 11.2. The van der Waals surface area contributed by atoms with Crippen molar-refractivity contribution in [1.82, 2.24) is 5.32 Å². The number of hydrogen-bond donors (Lipinski definition) is 1. The summed E-state index contributed by atoms with van der Waals surface area (Å²) < 4.78 is 5.14. The largest absolute Gasteiger partial charge is 0.497 e. The van der Waals surface area contributed by atoms with E-state index in [0.29, 0.717) is 18.0 Å². The maximum atomic E-state index is 11.8. The summed E-state index contributed by atoms with van der Waals surface area (Å²) in [5, 5.41) is 3.65. The molecule has 2 aromatic carbocycles. The van der Waals surface area contributed by atoms with Crippen LogP contribution in [0.5, 0.6) is 5.75 Å². The number of methoxy groups -OCH3 is 1. The Kier molecular flexibility index (Phi) is 6.95. The number of ether oxygens (including phenoxy) is 1. The van der Waals surface area contributed by atoms with E-state index in [4.69, 9.17) is 16.3 Å². The summed E-state index contributed by atoms with van der Waals surface area (Å²) in [5.74, 6) is 0.931. The number of amides is 1. The van der Waals surface area contributed by atoms with Gasteiger partial charge in [-0.2, -0.15) is 0 Å². The van der Waals surface area contributed by atoms with Crippen LogP contribution >= 0.6 is 11.6 Å². The quantitative estimate of drug-likeness (QED) is 0.742. The predicted molar refractivity (Wildman–Crippen MR) is 94.1 cm³/mol. The van der Waals surface area contributed by atoms with Crippen LogP contribution in [-0.4, -0.2) is 19.6 Å². The number of hydrogen-bond acceptors (Lipinski definition) is 2. The molecule has 4 heteroatoms. The molecule has 0 unspecified atom stereocenters. The van der Waals surface area contributed by atoms with Crippen LogP contribution in [0.15, 0.2) is 48.5 Å². The van der Waals surface area contributed by atoms with E-state index in [1.165, 1.54) is 5.56 Å². The Hall–Kier alpha value is -2.00. The molecule has 0 aliphatic heterocycles. The van der Waals surface area contributed by atoms with E-state index in [1.807, 2.05) is 24.3 Å². The highest BCUT2D eigenvalue weighted by Gasteiger charge is 2.03. The maximum absolute atomic E-state index is 11.8. The summed E-state index contributed by atoms with van der Waals surface area (Å²) in [6.07, 6.45) is 3.43. The second-order valence-electron chi connectivity index (χ2n) is 5.46. The van der Waals surface area contributed by atoms with E-state index in [0.717, 1.165) is 30.6 Å². The fourth-order valence-corrected chi connectivity index (χ4v) is 2.45. The molecule has 1 N–H and O–H groups in total. The van der Waals surface area contributed by atoms with Gasteiger partial charge >= 0.3 is 0 Å². The molecular weight excluding hydrogens is 310 g/mol. The Morgan fingerprint density at radius 2 is 1.65 bits per heavy atom. The number of rotatable bonds is 8. The normalized spacial score (nSPS) is 10.3. The van der Waals surface area contributed by atoms with Gasteiger partial charge in [0.15, 0.2) is 0 Å². The molecule has 1 amide bonds. The Labute approximate surface area is 142 Å². The molecule has 2 rings (SSSR count). The minimum atomic E-state index is 0.0526. The Morgan fingerprint density at radius 1 is 1.00 bits per heavy atom. The van der Waals surface area contributed by atoms with Crippen LogP contribution in [0.4, 0.5) is 0 Å². The molecule has 0 spiro atoms. The number of carbonyl (C=O) groups is 1. The third-order valence-corrected chi connectivity index (χ3v) is 3.90. The third kappa shape index (κ3) is 6.33. The van der Waals surface area contributed by atoms with Gasteiger partial charge < -0.3 is 10.1 Å². The number of benzene rings is 2. The molecule has 0 fully saturated rings. The van der Waals surface area contributed by atoms with Gasteiger partial charge in [0.05, 0.1) is 13.5 Å². The summed E-state index contributed by atoms with van der Waals surface area (Å²) in [4.78, 5) is 11.8. The Bertz CT molecular complexity index is 608. The van der Waals surface area contributed by atoms with Gasteiger partial charge in [0.1, 0.15) is 5.75 Å². The average Bonchev–Trinajstić information content (AvgIpc) is 2.57. The van der Waals surface area contributed by atoms with E-state index in [1.54, 1.807) is 19.2 Å². The zero-order valence-corrected chi connectivity index (χ0v) is 14.1. The maximum Gasteiger partial charge on any atom is 0.224 e. The SMILES string of the molecule is COc1ccc(CCCCNC(=O)Cc2ccc(Cl)cc2)cc1. The molecule has 23 heavy (non-hydrogen) atoms. The third-order valence-electron chi connectivity index (χ3n) is 3.65. The van der Waals surface area contributed by atoms with Gasteiger partial charge in [0.25, 0.3) is 0 Å². The molecule has 0 radical (unpaired) electrons. The number of carbonyl (C=O) groups excluding carboxylic acids is 1. The van der Waals surface area contributed by atoms with Crippen molar-refractivity contribution in [2.75, 3.05) is 13.7 Å². The van der Waals surface area contributed by atoms with Gasteiger partial charge in [-0.05, 0) is 54.7 Å². The minimum Gasteiger partial charge on any atom is -0.497 e. The van der Waals surface area contributed by atoms with E-state index in [-0.39, 0.29) is 5.91 Å². The van der Waals surface area contributed by atoms with Crippen LogP contribution in [0.2, 0.25) is 5.02 Å². The summed E-state index contributed by atoms with van der Waals surface area (Å²) in [5.41, 5.74) is 2.27. The van der Waals surface area contributed by atoms with Crippen LogP contribution in [0.1, 0.15) is 24.0 Å². The van der Waals surface area contributed by atoms with Crippen molar-refractivity contribution in [1.29, 1.82) is 0 Å². The van der Waals surface area contributed by atoms with Crippen molar-refractivity contribution in [2.45, 2.75) is 25.7 Å². The van der Waals surface area contributed by atoms with E-state index in [2.05, 4.69) is 17.4 Å². The second-order valence-corrected chi connectivity index (χ2v) is 5.89. The first-order valence-corrected chi connectivity index (χ1v) is 8.19. The van der Waals surface area contributed by atoms with E-state index in [9.17, 15) is 4.79 Å². The van der Waals surface area contributed by atoms with Crippen LogP contribution in [0.3, 0.4) is 0 Å². The van der Waals surface area contributed by atoms with Gasteiger partial charge in [-0.25, -0.2) is 0 Å². The molecule has 2 aromatic rings. The highest BCUT2D eigenvalue weighted by atomic mass is 35.5. The molecule has 0 saturated heterocycles. The lowest BCUT2D eigenvalue weighted by atomic mass is 10.1. The van der Waals surface area contributed by atoms with Crippen molar-refractivity contribution >= 4 is 17.5 Å². The van der Waals surface area contributed by atoms with E-state index < -0.39 is 0 Å². The topological polar surface area (TPSA) is 38.3 Å². The lowest BCUT2D eigenvalue weighted by Crippen LogP contribution is -2.26. The number of nitrogens with one attached hydrogen (secondary N) is 1. The van der Waals surface area contributed by atoms with Crippen molar-refractivity contribution < 1.29 is 9.53 Å². The number of unbranched alkanes of at least 4 members (excludes halogenated alkanes) is 1. The van der Waals surface area contributed by atoms with Gasteiger partial charge in [-0.3, -0.25) is 4.79 Å². The van der Waals surface area contributed by atoms with Gasteiger partial charge in [-0.1, -0.05) is 35.9 Å². The first-order valence-electron chi connectivity index (χ1n) is 7.81. The van der Waals surface area contributed by atoms with Gasteiger partial charge in [0, 0.05) is 11.6 Å². The smallest absolute Gasteiger partial charge is 0.224 e. The zero-order chi connectivity index (χ0) is 16.5. The number of aryl methyl sites for hydroxylation is 1. The highest BCUT2D eigenvalue weighted by Crippen LogP contribution is 2.13. The van der Waals surface area contributed by atoms with Crippen molar-refractivity contribution in [3.05, 3.63) is 64.7 Å². The molecule has 122 valence electrons. The molecule has 0 bridgehead atoms. The van der Waals surface area contributed by atoms with Crippen molar-refractivity contribution in [3.63, 3.8) is 0 Å². The first kappa shape index (κ1) is 17.4. The summed E-state index contributed by atoms with van der Waals surface area (Å²) in [6.45, 7) is 0.711. The standard InChI is InChI=1S/C19H22ClNO2/c1-23-18-11-7-15(8-12-18)4-2-3-13-21-19(22)14-16-5-9-17(20)10-6-16/h5-12H,2-4,13-14H2,1H3,(H,21,22). The van der Waals surface area contributed by atoms with Crippen LogP contribution < -0.4 is 10.1 Å². The molecule has 0 atom stereocenters. The van der Waals surface area contributed by atoms with Crippen LogP contribution in [-0.2, 0) is 17.6 Å². The average molecular weight is 332 g/mol. The highest BCUT2D eigenvalue weighted by molar-refractivity contribution is 6.30. The zero-order valence-electron chi connectivity index (χ0n) is 13.3. The molecule has 0 heterocycles. The summed E-state index contributed by atoms with van der Waals surface area (Å²) >= 11 is 5.83. The molecule has 0 saturated carbocycles. The van der Waals surface area contributed by atoms with Crippen molar-refractivity contribution in [3.8, 4) is 5.75 Å². The summed E-state index contributed by atoms with van der Waals surface area (Å²) in [7, 11) is 1.67. The molecule has 3 nitrogen and oxygen atoms in total. The van der Waals surface area contributed by atoms with Crippen molar-refractivity contribution in [2.24, 2.45) is 0 Å². The lowest BCUT2D eigenvalue weighted by Gasteiger charge is -2.06. The molecular formula is C19H22ClNO2. The Balaban J connectivity index is 1.61. The Morgan fingerprint density at radius 3 is 2.30 bits per heavy atom.